The average Bonchev–Trinajstić information content (AvgIpc) is 2.81. The van der Waals surface area contributed by atoms with Crippen LogP contribution in [-0.2, 0) is 19.5 Å². The van der Waals surface area contributed by atoms with Crippen molar-refractivity contribution in [3.8, 4) is 12.3 Å². The first-order chi connectivity index (χ1) is 9.69. The molecular weight excluding hydrogens is 270 g/mol. The number of benzene rings is 1. The number of hydrogen-bond acceptors (Lipinski definition) is 2. The van der Waals surface area contributed by atoms with E-state index in [4.69, 9.17) is 18.0 Å². The van der Waals surface area contributed by atoms with Gasteiger partial charge in [0.15, 0.2) is 0 Å². The molecule has 0 bridgehead atoms. The van der Waals surface area contributed by atoms with Gasteiger partial charge >= 0.3 is 0 Å². The minimum Gasteiger partial charge on any atom is -0.379 e. The van der Waals surface area contributed by atoms with Crippen LogP contribution >= 0.6 is 11.6 Å². The summed E-state index contributed by atoms with van der Waals surface area (Å²) in [5.74, 6) is 2.63. The second-order valence-corrected chi connectivity index (χ2v) is 4.83. The van der Waals surface area contributed by atoms with Crippen molar-refractivity contribution in [2.75, 3.05) is 5.32 Å². The topological polar surface area (TPSA) is 29.9 Å². The molecule has 0 spiro atoms. The molecular formula is C16H18ClN3. The summed E-state index contributed by atoms with van der Waals surface area (Å²) in [4.78, 5) is 0. The van der Waals surface area contributed by atoms with Gasteiger partial charge in [-0.2, -0.15) is 5.10 Å². The fourth-order valence-electron chi connectivity index (χ4n) is 2.09. The summed E-state index contributed by atoms with van der Waals surface area (Å²) in [5.41, 5.74) is 3.80. The third-order valence-electron chi connectivity index (χ3n) is 3.18. The second kappa shape index (κ2) is 6.49. The molecule has 4 heteroatoms. The van der Waals surface area contributed by atoms with Crippen LogP contribution in [0.3, 0.4) is 0 Å². The Kier molecular flexibility index (Phi) is 4.70. The van der Waals surface area contributed by atoms with Crippen molar-refractivity contribution in [2.24, 2.45) is 0 Å². The van der Waals surface area contributed by atoms with Crippen LogP contribution < -0.4 is 5.32 Å². The average molecular weight is 288 g/mol. The molecule has 2 aromatic rings. The van der Waals surface area contributed by atoms with Crippen LogP contribution in [0.4, 0.5) is 5.69 Å². The molecule has 0 aliphatic rings. The molecule has 20 heavy (non-hydrogen) atoms. The van der Waals surface area contributed by atoms with E-state index in [1.165, 1.54) is 0 Å². The maximum absolute atomic E-state index is 6.38. The highest BCUT2D eigenvalue weighted by atomic mass is 35.5. The van der Waals surface area contributed by atoms with Gasteiger partial charge in [0, 0.05) is 17.8 Å². The van der Waals surface area contributed by atoms with E-state index in [2.05, 4.69) is 30.2 Å². The lowest BCUT2D eigenvalue weighted by molar-refractivity contribution is 0.619. The van der Waals surface area contributed by atoms with Gasteiger partial charge in [-0.1, -0.05) is 30.5 Å². The number of nitrogens with one attached hydrogen (secondary N) is 1. The van der Waals surface area contributed by atoms with E-state index in [9.17, 15) is 0 Å². The summed E-state index contributed by atoms with van der Waals surface area (Å²) in [6, 6.07) is 7.78. The van der Waals surface area contributed by atoms with E-state index in [1.54, 1.807) is 0 Å². The predicted octanol–water partition coefficient (Wildman–Crippen LogP) is 3.71. The number of aromatic nitrogens is 2. The van der Waals surface area contributed by atoms with Crippen LogP contribution in [0.1, 0.15) is 30.8 Å². The summed E-state index contributed by atoms with van der Waals surface area (Å²) in [6.45, 7) is 5.56. The van der Waals surface area contributed by atoms with Gasteiger partial charge in [0.05, 0.1) is 23.0 Å². The SMILES string of the molecule is C#Cc1cccc(NCc2c(Cl)c(CC)nn2CC)c1. The second-order valence-electron chi connectivity index (χ2n) is 4.46. The zero-order valence-electron chi connectivity index (χ0n) is 11.8. The van der Waals surface area contributed by atoms with Crippen molar-refractivity contribution in [1.82, 2.24) is 9.78 Å². The number of rotatable bonds is 5. The molecule has 0 radical (unpaired) electrons. The van der Waals surface area contributed by atoms with Crippen LogP contribution in [0, 0.1) is 12.3 Å². The Labute approximate surface area is 125 Å². The Balaban J connectivity index is 2.18. The lowest BCUT2D eigenvalue weighted by Gasteiger charge is -2.09. The van der Waals surface area contributed by atoms with Crippen LogP contribution in [0.5, 0.6) is 0 Å². The summed E-state index contributed by atoms with van der Waals surface area (Å²) < 4.78 is 1.94. The Morgan fingerprint density at radius 1 is 1.40 bits per heavy atom. The largest absolute Gasteiger partial charge is 0.379 e. The van der Waals surface area contributed by atoms with Crippen LogP contribution in [0.2, 0.25) is 5.02 Å². The highest BCUT2D eigenvalue weighted by Gasteiger charge is 2.13. The molecule has 0 atom stereocenters. The van der Waals surface area contributed by atoms with Crippen molar-refractivity contribution < 1.29 is 0 Å². The first-order valence-corrected chi connectivity index (χ1v) is 7.12. The zero-order valence-corrected chi connectivity index (χ0v) is 12.5. The van der Waals surface area contributed by atoms with Gasteiger partial charge in [-0.05, 0) is 31.5 Å². The molecule has 2 rings (SSSR count). The van der Waals surface area contributed by atoms with Gasteiger partial charge in [0.25, 0.3) is 0 Å². The minimum absolute atomic E-state index is 0.633. The highest BCUT2D eigenvalue weighted by molar-refractivity contribution is 6.31. The smallest absolute Gasteiger partial charge is 0.0868 e. The van der Waals surface area contributed by atoms with Crippen molar-refractivity contribution in [3.05, 3.63) is 46.2 Å². The van der Waals surface area contributed by atoms with E-state index >= 15 is 0 Å². The molecule has 0 unspecified atom stereocenters. The predicted molar refractivity (Wildman–Crippen MR) is 84.0 cm³/mol. The molecule has 1 aromatic carbocycles. The summed E-state index contributed by atoms with van der Waals surface area (Å²) in [5, 5.41) is 8.61. The maximum Gasteiger partial charge on any atom is 0.0868 e. The molecule has 0 aliphatic carbocycles. The Hall–Kier alpha value is -1.92. The van der Waals surface area contributed by atoms with Crippen molar-refractivity contribution in [2.45, 2.75) is 33.4 Å². The lowest BCUT2D eigenvalue weighted by Crippen LogP contribution is -2.08. The lowest BCUT2D eigenvalue weighted by atomic mass is 10.2. The summed E-state index contributed by atoms with van der Waals surface area (Å²) in [7, 11) is 0. The highest BCUT2D eigenvalue weighted by Crippen LogP contribution is 2.22. The van der Waals surface area contributed by atoms with Crippen LogP contribution in [0.15, 0.2) is 24.3 Å². The molecule has 0 amide bonds. The van der Waals surface area contributed by atoms with Gasteiger partial charge in [0.1, 0.15) is 0 Å². The minimum atomic E-state index is 0.633. The van der Waals surface area contributed by atoms with E-state index < -0.39 is 0 Å². The van der Waals surface area contributed by atoms with Crippen LogP contribution in [0.25, 0.3) is 0 Å². The number of hydrogen-bond donors (Lipinski definition) is 1. The number of aryl methyl sites for hydroxylation is 2. The quantitative estimate of drug-likeness (QED) is 0.850. The van der Waals surface area contributed by atoms with Crippen molar-refractivity contribution in [3.63, 3.8) is 0 Å². The first kappa shape index (κ1) is 14.5. The van der Waals surface area contributed by atoms with Gasteiger partial charge in [0.2, 0.25) is 0 Å². The third-order valence-corrected chi connectivity index (χ3v) is 3.62. The van der Waals surface area contributed by atoms with Gasteiger partial charge < -0.3 is 5.32 Å². The van der Waals surface area contributed by atoms with E-state index in [-0.39, 0.29) is 0 Å². The molecule has 1 aromatic heterocycles. The normalized spacial score (nSPS) is 10.3. The maximum atomic E-state index is 6.38. The van der Waals surface area contributed by atoms with Gasteiger partial charge in [-0.15, -0.1) is 6.42 Å². The number of halogens is 1. The molecule has 1 N–H and O–H groups in total. The summed E-state index contributed by atoms with van der Waals surface area (Å²) >= 11 is 6.38. The first-order valence-electron chi connectivity index (χ1n) is 6.74. The number of terminal acetylenes is 1. The van der Waals surface area contributed by atoms with E-state index in [0.717, 1.165) is 40.6 Å². The molecule has 1 heterocycles. The number of nitrogens with zero attached hydrogens (tertiary/aromatic N) is 2. The molecule has 104 valence electrons. The summed E-state index contributed by atoms with van der Waals surface area (Å²) in [6.07, 6.45) is 6.24. The molecule has 0 fully saturated rings. The molecule has 0 saturated heterocycles. The molecule has 3 nitrogen and oxygen atoms in total. The third kappa shape index (κ3) is 2.97. The Morgan fingerprint density at radius 2 is 2.20 bits per heavy atom. The fourth-order valence-corrected chi connectivity index (χ4v) is 2.43. The Morgan fingerprint density at radius 3 is 2.85 bits per heavy atom. The van der Waals surface area contributed by atoms with Gasteiger partial charge in [-0.25, -0.2) is 0 Å². The van der Waals surface area contributed by atoms with Gasteiger partial charge in [-0.3, -0.25) is 4.68 Å². The van der Waals surface area contributed by atoms with E-state index in [1.807, 2.05) is 28.9 Å². The number of anilines is 1. The van der Waals surface area contributed by atoms with Crippen molar-refractivity contribution >= 4 is 17.3 Å². The van der Waals surface area contributed by atoms with E-state index in [0.29, 0.717) is 6.54 Å². The Bertz CT molecular complexity index is 638. The van der Waals surface area contributed by atoms with Crippen molar-refractivity contribution in [1.29, 1.82) is 0 Å². The zero-order chi connectivity index (χ0) is 14.5. The molecule has 0 saturated carbocycles. The standard InChI is InChI=1S/C16H18ClN3/c1-4-12-8-7-9-13(10-12)18-11-15-16(17)14(5-2)19-20(15)6-3/h1,7-10,18H,5-6,11H2,2-3H3. The van der Waals surface area contributed by atoms with Crippen LogP contribution in [-0.4, -0.2) is 9.78 Å². The fraction of sp³-hybridized carbons (Fsp3) is 0.312. The molecule has 0 aliphatic heterocycles. The monoisotopic (exact) mass is 287 g/mol.